The maximum Gasteiger partial charge on any atom is 0.246 e. The summed E-state index contributed by atoms with van der Waals surface area (Å²) in [5.74, 6) is 1.43. The number of nitrogens with one attached hydrogen (secondary N) is 1. The van der Waals surface area contributed by atoms with Gasteiger partial charge in [-0.15, -0.1) is 12.4 Å². The van der Waals surface area contributed by atoms with Gasteiger partial charge in [0.2, 0.25) is 5.89 Å². The summed E-state index contributed by atoms with van der Waals surface area (Å²) in [4.78, 5) is 6.78. The Labute approximate surface area is 131 Å². The molecule has 0 saturated heterocycles. The molecule has 0 aliphatic carbocycles. The van der Waals surface area contributed by atoms with E-state index in [1.165, 1.54) is 5.69 Å². The van der Waals surface area contributed by atoms with Crippen LogP contribution in [0.2, 0.25) is 0 Å². The fourth-order valence-corrected chi connectivity index (χ4v) is 2.30. The molecular formula is C15H21ClN4O. The molecule has 21 heavy (non-hydrogen) atoms. The summed E-state index contributed by atoms with van der Waals surface area (Å²) in [6.07, 6.45) is 0. The van der Waals surface area contributed by atoms with E-state index in [0.717, 1.165) is 24.6 Å². The second kappa shape index (κ2) is 5.93. The molecule has 2 heterocycles. The fraction of sp³-hybridized carbons (Fsp3) is 0.467. The van der Waals surface area contributed by atoms with E-state index in [-0.39, 0.29) is 17.8 Å². The predicted molar refractivity (Wildman–Crippen MR) is 86.2 cm³/mol. The summed E-state index contributed by atoms with van der Waals surface area (Å²) >= 11 is 0. The smallest absolute Gasteiger partial charge is 0.246 e. The molecule has 1 N–H and O–H groups in total. The number of nitrogens with zero attached hydrogens (tertiary/aromatic N) is 3. The van der Waals surface area contributed by atoms with E-state index in [1.807, 2.05) is 12.1 Å². The minimum Gasteiger partial charge on any atom is -0.382 e. The topological polar surface area (TPSA) is 54.2 Å². The largest absolute Gasteiger partial charge is 0.382 e. The summed E-state index contributed by atoms with van der Waals surface area (Å²) in [6.45, 7) is 8.77. The standard InChI is InChI=1S/C15H20N4O.ClH/c1-15(2,3)14-17-13(20-18-14)10-19-9-8-16-11-6-4-5-7-12(11)19;/h4-7,16H,8-10H2,1-3H3;1H. The van der Waals surface area contributed by atoms with Gasteiger partial charge in [-0.3, -0.25) is 0 Å². The lowest BCUT2D eigenvalue weighted by Gasteiger charge is -2.30. The SMILES string of the molecule is CC(C)(C)c1noc(CN2CCNc3ccccc32)n1.Cl. The Bertz CT molecular complexity index is 606. The van der Waals surface area contributed by atoms with Crippen molar-refractivity contribution in [3.05, 3.63) is 36.0 Å². The number of benzene rings is 1. The summed E-state index contributed by atoms with van der Waals surface area (Å²) in [5.41, 5.74) is 2.27. The Kier molecular flexibility index (Phi) is 4.42. The van der Waals surface area contributed by atoms with Crippen molar-refractivity contribution in [2.45, 2.75) is 32.7 Å². The van der Waals surface area contributed by atoms with Crippen molar-refractivity contribution in [3.8, 4) is 0 Å². The van der Waals surface area contributed by atoms with Gasteiger partial charge in [0.05, 0.1) is 17.9 Å². The first-order chi connectivity index (χ1) is 9.54. The summed E-state index contributed by atoms with van der Waals surface area (Å²) < 4.78 is 5.39. The van der Waals surface area contributed by atoms with Crippen molar-refractivity contribution in [1.82, 2.24) is 10.1 Å². The van der Waals surface area contributed by atoms with Gasteiger partial charge in [0.15, 0.2) is 5.82 Å². The Balaban J connectivity index is 0.00000161. The first-order valence-corrected chi connectivity index (χ1v) is 6.95. The Morgan fingerprint density at radius 1 is 1.29 bits per heavy atom. The van der Waals surface area contributed by atoms with Gasteiger partial charge in [-0.25, -0.2) is 0 Å². The second-order valence-electron chi connectivity index (χ2n) is 6.13. The van der Waals surface area contributed by atoms with E-state index in [0.29, 0.717) is 12.4 Å². The fourth-order valence-electron chi connectivity index (χ4n) is 2.30. The molecule has 0 radical (unpaired) electrons. The zero-order chi connectivity index (χ0) is 14.2. The minimum atomic E-state index is -0.0802. The molecule has 1 aliphatic heterocycles. The number of aromatic nitrogens is 2. The maximum atomic E-state index is 5.39. The molecule has 0 saturated carbocycles. The normalized spacial score (nSPS) is 14.1. The molecule has 1 aromatic heterocycles. The van der Waals surface area contributed by atoms with Crippen LogP contribution in [0, 0.1) is 0 Å². The van der Waals surface area contributed by atoms with Crippen LogP contribution in [-0.2, 0) is 12.0 Å². The molecule has 3 rings (SSSR count). The van der Waals surface area contributed by atoms with E-state index in [1.54, 1.807) is 0 Å². The number of hydrogen-bond donors (Lipinski definition) is 1. The highest BCUT2D eigenvalue weighted by Crippen LogP contribution is 2.29. The van der Waals surface area contributed by atoms with E-state index >= 15 is 0 Å². The Morgan fingerprint density at radius 2 is 2.05 bits per heavy atom. The van der Waals surface area contributed by atoms with Crippen LogP contribution in [-0.4, -0.2) is 23.2 Å². The number of hydrogen-bond acceptors (Lipinski definition) is 5. The molecule has 1 aliphatic rings. The van der Waals surface area contributed by atoms with Gasteiger partial charge < -0.3 is 14.7 Å². The highest BCUT2D eigenvalue weighted by molar-refractivity contribution is 5.85. The molecule has 114 valence electrons. The van der Waals surface area contributed by atoms with Crippen molar-refractivity contribution < 1.29 is 4.52 Å². The quantitative estimate of drug-likeness (QED) is 0.923. The van der Waals surface area contributed by atoms with Crippen molar-refractivity contribution in [2.24, 2.45) is 0 Å². The van der Waals surface area contributed by atoms with Crippen LogP contribution in [0.25, 0.3) is 0 Å². The van der Waals surface area contributed by atoms with Gasteiger partial charge in [-0.05, 0) is 12.1 Å². The first-order valence-electron chi connectivity index (χ1n) is 6.95. The highest BCUT2D eigenvalue weighted by Gasteiger charge is 2.23. The zero-order valence-electron chi connectivity index (χ0n) is 12.6. The average Bonchev–Trinajstić information content (AvgIpc) is 2.88. The summed E-state index contributed by atoms with van der Waals surface area (Å²) in [7, 11) is 0. The Morgan fingerprint density at radius 3 is 2.76 bits per heavy atom. The van der Waals surface area contributed by atoms with Crippen LogP contribution in [0.15, 0.2) is 28.8 Å². The van der Waals surface area contributed by atoms with Crippen LogP contribution < -0.4 is 10.2 Å². The first kappa shape index (κ1) is 15.6. The number of para-hydroxylation sites is 2. The van der Waals surface area contributed by atoms with Crippen LogP contribution in [0.5, 0.6) is 0 Å². The van der Waals surface area contributed by atoms with Gasteiger partial charge in [-0.1, -0.05) is 38.1 Å². The maximum absolute atomic E-state index is 5.39. The number of fused-ring (bicyclic) bond motifs is 1. The van der Waals surface area contributed by atoms with E-state index < -0.39 is 0 Å². The number of rotatable bonds is 2. The lowest BCUT2D eigenvalue weighted by molar-refractivity contribution is 0.361. The van der Waals surface area contributed by atoms with Crippen LogP contribution >= 0.6 is 12.4 Å². The molecule has 2 aromatic rings. The summed E-state index contributed by atoms with van der Waals surface area (Å²) in [5, 5.41) is 7.48. The number of anilines is 2. The van der Waals surface area contributed by atoms with Crippen molar-refractivity contribution in [3.63, 3.8) is 0 Å². The molecule has 5 nitrogen and oxygen atoms in total. The lowest BCUT2D eigenvalue weighted by atomic mass is 9.96. The average molecular weight is 309 g/mol. The van der Waals surface area contributed by atoms with Gasteiger partial charge in [0.25, 0.3) is 0 Å². The molecule has 0 bridgehead atoms. The number of halogens is 1. The monoisotopic (exact) mass is 308 g/mol. The Hall–Kier alpha value is -1.75. The third kappa shape index (κ3) is 3.29. The van der Waals surface area contributed by atoms with Crippen molar-refractivity contribution in [1.29, 1.82) is 0 Å². The van der Waals surface area contributed by atoms with E-state index in [2.05, 4.69) is 53.3 Å². The van der Waals surface area contributed by atoms with Gasteiger partial charge in [0.1, 0.15) is 0 Å². The van der Waals surface area contributed by atoms with Crippen LogP contribution in [0.3, 0.4) is 0 Å². The molecule has 0 spiro atoms. The molecule has 0 fully saturated rings. The van der Waals surface area contributed by atoms with Crippen LogP contribution in [0.4, 0.5) is 11.4 Å². The lowest BCUT2D eigenvalue weighted by Crippen LogP contribution is -2.33. The molecule has 0 unspecified atom stereocenters. The third-order valence-corrected chi connectivity index (χ3v) is 3.41. The van der Waals surface area contributed by atoms with Crippen molar-refractivity contribution >= 4 is 23.8 Å². The van der Waals surface area contributed by atoms with Gasteiger partial charge >= 0.3 is 0 Å². The zero-order valence-corrected chi connectivity index (χ0v) is 13.4. The molecule has 6 heteroatoms. The molecule has 0 atom stereocenters. The van der Waals surface area contributed by atoms with E-state index in [9.17, 15) is 0 Å². The van der Waals surface area contributed by atoms with Crippen LogP contribution in [0.1, 0.15) is 32.5 Å². The molecule has 1 aromatic carbocycles. The predicted octanol–water partition coefficient (Wildman–Crippen LogP) is 3.22. The third-order valence-electron chi connectivity index (χ3n) is 3.41. The molecular weight excluding hydrogens is 288 g/mol. The second-order valence-corrected chi connectivity index (χ2v) is 6.13. The van der Waals surface area contributed by atoms with E-state index in [4.69, 9.17) is 4.52 Å². The van der Waals surface area contributed by atoms with Crippen molar-refractivity contribution in [2.75, 3.05) is 23.3 Å². The minimum absolute atomic E-state index is 0. The van der Waals surface area contributed by atoms with Gasteiger partial charge in [-0.2, -0.15) is 4.98 Å². The molecule has 0 amide bonds. The summed E-state index contributed by atoms with van der Waals surface area (Å²) in [6, 6.07) is 8.30. The van der Waals surface area contributed by atoms with Gasteiger partial charge in [0, 0.05) is 18.5 Å². The highest BCUT2D eigenvalue weighted by atomic mass is 35.5.